The van der Waals surface area contributed by atoms with Crippen molar-refractivity contribution in [2.45, 2.75) is 0 Å². The Morgan fingerprint density at radius 3 is 2.70 bits per heavy atom. The van der Waals surface area contributed by atoms with Crippen LogP contribution in [0.15, 0.2) is 30.3 Å². The molecule has 0 saturated carbocycles. The van der Waals surface area contributed by atoms with Gasteiger partial charge in [0.05, 0.1) is 12.7 Å². The predicted molar refractivity (Wildman–Crippen MR) is 76.5 cm³/mol. The average Bonchev–Trinajstić information content (AvgIpc) is 2.82. The molecule has 4 N–H and O–H groups in total. The SMILES string of the molecule is COc1cccc(-c2cc(C(=O)O)c(NC(N)=O)s2)c1. The molecule has 0 spiro atoms. The van der Waals surface area contributed by atoms with Crippen LogP contribution < -0.4 is 15.8 Å². The number of hydrogen-bond donors (Lipinski definition) is 3. The number of anilines is 1. The van der Waals surface area contributed by atoms with Gasteiger partial charge in [0, 0.05) is 4.88 Å². The number of carbonyl (C=O) groups excluding carboxylic acids is 1. The molecular formula is C13H12N2O4S. The van der Waals surface area contributed by atoms with Crippen molar-refractivity contribution in [1.82, 2.24) is 0 Å². The smallest absolute Gasteiger partial charge is 0.338 e. The molecule has 0 atom stereocenters. The maximum absolute atomic E-state index is 11.2. The molecule has 6 nitrogen and oxygen atoms in total. The van der Waals surface area contributed by atoms with Crippen LogP contribution in [0.25, 0.3) is 10.4 Å². The topological polar surface area (TPSA) is 102 Å². The van der Waals surface area contributed by atoms with E-state index < -0.39 is 12.0 Å². The Balaban J connectivity index is 2.46. The fraction of sp³-hybridized carbons (Fsp3) is 0.0769. The fourth-order valence-electron chi connectivity index (χ4n) is 1.67. The summed E-state index contributed by atoms with van der Waals surface area (Å²) in [5.74, 6) is -0.462. The molecule has 1 aromatic heterocycles. The van der Waals surface area contributed by atoms with Crippen LogP contribution >= 0.6 is 11.3 Å². The number of urea groups is 1. The molecule has 0 unspecified atom stereocenters. The lowest BCUT2D eigenvalue weighted by atomic mass is 10.1. The molecular weight excluding hydrogens is 280 g/mol. The zero-order valence-electron chi connectivity index (χ0n) is 10.5. The number of carbonyl (C=O) groups is 2. The maximum atomic E-state index is 11.2. The summed E-state index contributed by atoms with van der Waals surface area (Å²) in [5, 5.41) is 11.7. The third-order valence-corrected chi connectivity index (χ3v) is 3.65. The molecule has 0 bridgehead atoms. The van der Waals surface area contributed by atoms with Crippen molar-refractivity contribution in [3.63, 3.8) is 0 Å². The summed E-state index contributed by atoms with van der Waals surface area (Å²) in [7, 11) is 1.55. The first-order valence-corrected chi connectivity index (χ1v) is 6.41. The van der Waals surface area contributed by atoms with Gasteiger partial charge in [-0.25, -0.2) is 9.59 Å². The van der Waals surface area contributed by atoms with Crippen molar-refractivity contribution in [1.29, 1.82) is 0 Å². The lowest BCUT2D eigenvalue weighted by Gasteiger charge is -2.01. The number of ether oxygens (including phenoxy) is 1. The summed E-state index contributed by atoms with van der Waals surface area (Å²) in [6.45, 7) is 0. The van der Waals surface area contributed by atoms with Crippen molar-refractivity contribution < 1.29 is 19.4 Å². The number of nitrogens with one attached hydrogen (secondary N) is 1. The first kappa shape index (κ1) is 13.9. The van der Waals surface area contributed by atoms with Crippen LogP contribution in [0.2, 0.25) is 0 Å². The predicted octanol–water partition coefficient (Wildman–Crippen LogP) is 2.61. The average molecular weight is 292 g/mol. The number of benzene rings is 1. The second-order valence-electron chi connectivity index (χ2n) is 3.88. The lowest BCUT2D eigenvalue weighted by molar-refractivity contribution is 0.0698. The van der Waals surface area contributed by atoms with Gasteiger partial charge >= 0.3 is 12.0 Å². The number of methoxy groups -OCH3 is 1. The normalized spacial score (nSPS) is 10.1. The van der Waals surface area contributed by atoms with Crippen LogP contribution in [0.3, 0.4) is 0 Å². The molecule has 0 aliphatic rings. The maximum Gasteiger partial charge on any atom is 0.338 e. The Morgan fingerprint density at radius 2 is 2.10 bits per heavy atom. The highest BCUT2D eigenvalue weighted by Crippen LogP contribution is 2.36. The van der Waals surface area contributed by atoms with Gasteiger partial charge in [-0.3, -0.25) is 5.32 Å². The van der Waals surface area contributed by atoms with E-state index in [0.717, 1.165) is 16.9 Å². The number of carboxylic acid groups (broad SMARTS) is 1. The lowest BCUT2D eigenvalue weighted by Crippen LogP contribution is -2.19. The Labute approximate surface area is 118 Å². The van der Waals surface area contributed by atoms with Gasteiger partial charge in [-0.2, -0.15) is 0 Å². The van der Waals surface area contributed by atoms with Gasteiger partial charge in [-0.15, -0.1) is 11.3 Å². The van der Waals surface area contributed by atoms with E-state index in [1.807, 2.05) is 6.07 Å². The van der Waals surface area contributed by atoms with E-state index in [1.165, 1.54) is 6.07 Å². The van der Waals surface area contributed by atoms with Gasteiger partial charge in [0.2, 0.25) is 0 Å². The first-order valence-electron chi connectivity index (χ1n) is 5.59. The highest BCUT2D eigenvalue weighted by Gasteiger charge is 2.17. The third-order valence-electron chi connectivity index (χ3n) is 2.55. The van der Waals surface area contributed by atoms with Crippen molar-refractivity contribution in [2.24, 2.45) is 5.73 Å². The number of rotatable bonds is 4. The van der Waals surface area contributed by atoms with Crippen molar-refractivity contribution in [3.05, 3.63) is 35.9 Å². The van der Waals surface area contributed by atoms with Crippen LogP contribution in [0.1, 0.15) is 10.4 Å². The Morgan fingerprint density at radius 1 is 1.35 bits per heavy atom. The van der Waals surface area contributed by atoms with E-state index >= 15 is 0 Å². The first-order chi connectivity index (χ1) is 9.51. The Bertz CT molecular complexity index is 666. The van der Waals surface area contributed by atoms with Crippen molar-refractivity contribution in [2.75, 3.05) is 12.4 Å². The van der Waals surface area contributed by atoms with Crippen LogP contribution in [0, 0.1) is 0 Å². The molecule has 0 saturated heterocycles. The van der Waals surface area contributed by atoms with Crippen molar-refractivity contribution in [3.8, 4) is 16.2 Å². The number of hydrogen-bond acceptors (Lipinski definition) is 4. The zero-order valence-corrected chi connectivity index (χ0v) is 11.4. The number of amides is 2. The number of primary amides is 1. The van der Waals surface area contributed by atoms with Gasteiger partial charge in [0.15, 0.2) is 0 Å². The highest BCUT2D eigenvalue weighted by molar-refractivity contribution is 7.20. The molecule has 0 aliphatic carbocycles. The number of aromatic carboxylic acids is 1. The standard InChI is InChI=1S/C13H12N2O4S/c1-19-8-4-2-3-7(5-8)10-6-9(12(16)17)11(20-10)15-13(14)18/h2-6H,1H3,(H,16,17)(H3,14,15,18). The quantitative estimate of drug-likeness (QED) is 0.806. The van der Waals surface area contributed by atoms with E-state index in [0.29, 0.717) is 10.6 Å². The summed E-state index contributed by atoms with van der Waals surface area (Å²) in [4.78, 5) is 22.8. The highest BCUT2D eigenvalue weighted by atomic mass is 32.1. The molecule has 7 heteroatoms. The van der Waals surface area contributed by atoms with Gasteiger partial charge in [0.25, 0.3) is 0 Å². The number of carboxylic acids is 1. The van der Waals surface area contributed by atoms with Crippen LogP contribution in [0.4, 0.5) is 9.80 Å². The van der Waals surface area contributed by atoms with Crippen LogP contribution in [0.5, 0.6) is 5.75 Å². The molecule has 0 radical (unpaired) electrons. The minimum Gasteiger partial charge on any atom is -0.497 e. The largest absolute Gasteiger partial charge is 0.497 e. The second-order valence-corrected chi connectivity index (χ2v) is 4.93. The fourth-order valence-corrected chi connectivity index (χ4v) is 2.72. The molecule has 2 rings (SSSR count). The second kappa shape index (κ2) is 5.62. The summed E-state index contributed by atoms with van der Waals surface area (Å²) >= 11 is 1.14. The summed E-state index contributed by atoms with van der Waals surface area (Å²) in [6.07, 6.45) is 0. The molecule has 104 valence electrons. The zero-order chi connectivity index (χ0) is 14.7. The minimum absolute atomic E-state index is 0.00613. The van der Waals surface area contributed by atoms with Crippen LogP contribution in [-0.2, 0) is 0 Å². The molecule has 0 aliphatic heterocycles. The summed E-state index contributed by atoms with van der Waals surface area (Å²) < 4.78 is 5.12. The Kier molecular flexibility index (Phi) is 3.90. The number of thiophene rings is 1. The monoisotopic (exact) mass is 292 g/mol. The van der Waals surface area contributed by atoms with Gasteiger partial charge in [-0.05, 0) is 23.8 Å². The molecule has 2 amide bonds. The molecule has 1 aromatic carbocycles. The van der Waals surface area contributed by atoms with E-state index in [-0.39, 0.29) is 10.6 Å². The van der Waals surface area contributed by atoms with Crippen molar-refractivity contribution >= 4 is 28.3 Å². The number of nitrogens with two attached hydrogens (primary N) is 1. The minimum atomic E-state index is -1.13. The molecule has 20 heavy (non-hydrogen) atoms. The van der Waals surface area contributed by atoms with E-state index in [4.69, 9.17) is 15.6 Å². The molecule has 2 aromatic rings. The van der Waals surface area contributed by atoms with Gasteiger partial charge in [-0.1, -0.05) is 12.1 Å². The van der Waals surface area contributed by atoms with E-state index in [9.17, 15) is 9.59 Å². The molecule has 0 fully saturated rings. The van der Waals surface area contributed by atoms with Gasteiger partial charge < -0.3 is 15.6 Å². The third kappa shape index (κ3) is 2.89. The summed E-state index contributed by atoms with van der Waals surface area (Å²) in [6, 6.07) is 7.89. The van der Waals surface area contributed by atoms with Crippen LogP contribution in [-0.4, -0.2) is 24.2 Å². The van der Waals surface area contributed by atoms with E-state index in [1.54, 1.807) is 25.3 Å². The molecule has 1 heterocycles. The van der Waals surface area contributed by atoms with E-state index in [2.05, 4.69) is 5.32 Å². The van der Waals surface area contributed by atoms with Gasteiger partial charge in [0.1, 0.15) is 10.8 Å². The summed E-state index contributed by atoms with van der Waals surface area (Å²) in [5.41, 5.74) is 5.84. The Hall–Kier alpha value is -2.54.